The molecule has 0 saturated carbocycles. The van der Waals surface area contributed by atoms with Crippen LogP contribution in [0.25, 0.3) is 0 Å². The van der Waals surface area contributed by atoms with E-state index < -0.39 is 0 Å². The van der Waals surface area contributed by atoms with Crippen LogP contribution in [0.1, 0.15) is 11.1 Å². The molecule has 0 radical (unpaired) electrons. The third-order valence-electron chi connectivity index (χ3n) is 1.73. The molecule has 0 aliphatic heterocycles. The summed E-state index contributed by atoms with van der Waals surface area (Å²) in [5, 5.41) is 0.876. The van der Waals surface area contributed by atoms with Gasteiger partial charge in [0.2, 0.25) is 0 Å². The molecule has 2 heteroatoms. The highest BCUT2D eigenvalue weighted by atomic mass is 79.9. The van der Waals surface area contributed by atoms with Crippen molar-refractivity contribution in [1.29, 1.82) is 0 Å². The topological polar surface area (TPSA) is 9.23 Å². The first kappa shape index (κ1) is 9.59. The number of hydrogen-bond acceptors (Lipinski definition) is 1. The van der Waals surface area contributed by atoms with Crippen molar-refractivity contribution in [2.24, 2.45) is 0 Å². The molecule has 1 rings (SSSR count). The van der Waals surface area contributed by atoms with E-state index in [1.165, 1.54) is 11.1 Å². The Kier molecular flexibility index (Phi) is 3.60. The van der Waals surface area contributed by atoms with Crippen LogP contribution in [0, 0.1) is 13.8 Å². The number of alkyl halides is 1. The molecule has 12 heavy (non-hydrogen) atoms. The molecule has 0 aromatic heterocycles. The summed E-state index contributed by atoms with van der Waals surface area (Å²) in [5.41, 5.74) is 2.41. The molecule has 1 aromatic carbocycles. The second kappa shape index (κ2) is 4.51. The van der Waals surface area contributed by atoms with Crippen molar-refractivity contribution in [2.45, 2.75) is 13.8 Å². The maximum absolute atomic E-state index is 5.57. The van der Waals surface area contributed by atoms with E-state index in [1.807, 2.05) is 6.07 Å². The van der Waals surface area contributed by atoms with Gasteiger partial charge in [-0.2, -0.15) is 0 Å². The first-order valence-electron chi connectivity index (χ1n) is 4.00. The summed E-state index contributed by atoms with van der Waals surface area (Å²) in [6.45, 7) is 4.86. The number of halogens is 1. The largest absolute Gasteiger partial charge is 0.492 e. The van der Waals surface area contributed by atoms with Gasteiger partial charge in [-0.1, -0.05) is 34.1 Å². The number of benzene rings is 1. The zero-order valence-corrected chi connectivity index (χ0v) is 9.02. The molecule has 0 atom stereocenters. The summed E-state index contributed by atoms with van der Waals surface area (Å²) in [6, 6.07) is 6.18. The molecule has 1 nitrogen and oxygen atoms in total. The third kappa shape index (κ3) is 2.24. The molecule has 0 N–H and O–H groups in total. The molecule has 0 amide bonds. The first-order valence-corrected chi connectivity index (χ1v) is 5.13. The number of rotatable bonds is 3. The van der Waals surface area contributed by atoms with Gasteiger partial charge in [-0.05, 0) is 25.0 Å². The maximum Gasteiger partial charge on any atom is 0.125 e. The monoisotopic (exact) mass is 228 g/mol. The predicted octanol–water partition coefficient (Wildman–Crippen LogP) is 3.08. The Hall–Kier alpha value is -0.500. The van der Waals surface area contributed by atoms with E-state index in [0.717, 1.165) is 17.7 Å². The number of para-hydroxylation sites is 1. The van der Waals surface area contributed by atoms with E-state index in [-0.39, 0.29) is 0 Å². The summed E-state index contributed by atoms with van der Waals surface area (Å²) in [5.74, 6) is 1.02. The molecule has 66 valence electrons. The normalized spacial score (nSPS) is 9.92. The molecule has 1 aromatic rings. The van der Waals surface area contributed by atoms with Gasteiger partial charge >= 0.3 is 0 Å². The predicted molar refractivity (Wildman–Crippen MR) is 55.2 cm³/mol. The summed E-state index contributed by atoms with van der Waals surface area (Å²) in [6.07, 6.45) is 0. The van der Waals surface area contributed by atoms with Crippen LogP contribution in [0.3, 0.4) is 0 Å². The minimum absolute atomic E-state index is 0.728. The van der Waals surface area contributed by atoms with Crippen LogP contribution in [-0.2, 0) is 0 Å². The van der Waals surface area contributed by atoms with E-state index >= 15 is 0 Å². The van der Waals surface area contributed by atoms with Crippen molar-refractivity contribution in [3.05, 3.63) is 29.3 Å². The Balaban J connectivity index is 2.81. The van der Waals surface area contributed by atoms with Crippen molar-refractivity contribution < 1.29 is 4.74 Å². The molecule has 0 bridgehead atoms. The van der Waals surface area contributed by atoms with Crippen molar-refractivity contribution in [2.75, 3.05) is 11.9 Å². The molecule has 0 fully saturated rings. The van der Waals surface area contributed by atoms with E-state index in [4.69, 9.17) is 4.74 Å². The number of ether oxygens (including phenoxy) is 1. The van der Waals surface area contributed by atoms with E-state index in [0.29, 0.717) is 0 Å². The fourth-order valence-electron chi connectivity index (χ4n) is 1.17. The third-order valence-corrected chi connectivity index (χ3v) is 2.06. The van der Waals surface area contributed by atoms with Crippen LogP contribution < -0.4 is 4.74 Å². The van der Waals surface area contributed by atoms with Gasteiger partial charge in [0.1, 0.15) is 5.75 Å². The zero-order chi connectivity index (χ0) is 8.97. The molecule has 0 spiro atoms. The summed E-state index contributed by atoms with van der Waals surface area (Å²) in [4.78, 5) is 0. The summed E-state index contributed by atoms with van der Waals surface area (Å²) < 4.78 is 5.57. The highest BCUT2D eigenvalue weighted by molar-refractivity contribution is 9.09. The van der Waals surface area contributed by atoms with Gasteiger partial charge in [0, 0.05) is 5.33 Å². The Morgan fingerprint density at radius 3 is 2.33 bits per heavy atom. The molecular formula is C10H13BrO. The quantitative estimate of drug-likeness (QED) is 0.723. The lowest BCUT2D eigenvalue weighted by atomic mass is 10.1. The minimum Gasteiger partial charge on any atom is -0.492 e. The minimum atomic E-state index is 0.728. The van der Waals surface area contributed by atoms with Gasteiger partial charge in [-0.25, -0.2) is 0 Å². The molecule has 0 saturated heterocycles. The summed E-state index contributed by atoms with van der Waals surface area (Å²) >= 11 is 3.33. The second-order valence-corrected chi connectivity index (χ2v) is 3.55. The number of aryl methyl sites for hydroxylation is 2. The van der Waals surface area contributed by atoms with Crippen LogP contribution in [-0.4, -0.2) is 11.9 Å². The van der Waals surface area contributed by atoms with Gasteiger partial charge in [-0.15, -0.1) is 0 Å². The molecular weight excluding hydrogens is 216 g/mol. The van der Waals surface area contributed by atoms with Gasteiger partial charge < -0.3 is 4.74 Å². The molecule has 0 aliphatic carbocycles. The Morgan fingerprint density at radius 1 is 1.25 bits per heavy atom. The number of hydrogen-bond donors (Lipinski definition) is 0. The second-order valence-electron chi connectivity index (χ2n) is 2.76. The Morgan fingerprint density at radius 2 is 1.83 bits per heavy atom. The van der Waals surface area contributed by atoms with E-state index in [9.17, 15) is 0 Å². The molecule has 0 heterocycles. The average molecular weight is 229 g/mol. The fourth-order valence-corrected chi connectivity index (χ4v) is 1.33. The summed E-state index contributed by atoms with van der Waals surface area (Å²) in [7, 11) is 0. The lowest BCUT2D eigenvalue weighted by Crippen LogP contribution is -2.00. The molecule has 0 aliphatic rings. The maximum atomic E-state index is 5.57. The van der Waals surface area contributed by atoms with Crippen LogP contribution in [0.4, 0.5) is 0 Å². The van der Waals surface area contributed by atoms with Crippen LogP contribution in [0.15, 0.2) is 18.2 Å². The standard InChI is InChI=1S/C10H13BrO/c1-8-4-3-5-9(2)10(8)12-7-6-11/h3-5H,6-7H2,1-2H3. The lowest BCUT2D eigenvalue weighted by molar-refractivity contribution is 0.340. The fraction of sp³-hybridized carbons (Fsp3) is 0.400. The van der Waals surface area contributed by atoms with Crippen molar-refractivity contribution in [1.82, 2.24) is 0 Å². The highest BCUT2D eigenvalue weighted by Crippen LogP contribution is 2.21. The van der Waals surface area contributed by atoms with Crippen molar-refractivity contribution in [3.63, 3.8) is 0 Å². The first-order chi connectivity index (χ1) is 5.75. The highest BCUT2D eigenvalue weighted by Gasteiger charge is 2.01. The SMILES string of the molecule is Cc1cccc(C)c1OCCBr. The lowest BCUT2D eigenvalue weighted by Gasteiger charge is -2.09. The van der Waals surface area contributed by atoms with Crippen molar-refractivity contribution in [3.8, 4) is 5.75 Å². The Bertz CT molecular complexity index is 238. The van der Waals surface area contributed by atoms with Gasteiger partial charge in [0.15, 0.2) is 0 Å². The average Bonchev–Trinajstić information content (AvgIpc) is 2.04. The van der Waals surface area contributed by atoms with Gasteiger partial charge in [0.05, 0.1) is 6.61 Å². The zero-order valence-electron chi connectivity index (χ0n) is 7.43. The van der Waals surface area contributed by atoms with E-state index in [2.05, 4.69) is 41.9 Å². The van der Waals surface area contributed by atoms with Crippen LogP contribution in [0.5, 0.6) is 5.75 Å². The van der Waals surface area contributed by atoms with Crippen LogP contribution in [0.2, 0.25) is 0 Å². The van der Waals surface area contributed by atoms with Crippen molar-refractivity contribution >= 4 is 15.9 Å². The van der Waals surface area contributed by atoms with E-state index in [1.54, 1.807) is 0 Å². The van der Waals surface area contributed by atoms with Gasteiger partial charge in [-0.3, -0.25) is 0 Å². The van der Waals surface area contributed by atoms with Gasteiger partial charge in [0.25, 0.3) is 0 Å². The van der Waals surface area contributed by atoms with Crippen LogP contribution >= 0.6 is 15.9 Å². The molecule has 0 unspecified atom stereocenters. The smallest absolute Gasteiger partial charge is 0.125 e. The Labute approximate surface area is 81.9 Å².